The number of hydrogen-bond acceptors (Lipinski definition) is 4. The molecular weight excluding hydrogens is 226 g/mol. The number of rotatable bonds is 3. The van der Waals surface area contributed by atoms with Gasteiger partial charge in [-0.15, -0.1) is 11.8 Å². The Morgan fingerprint density at radius 2 is 2.06 bits per heavy atom. The van der Waals surface area contributed by atoms with Gasteiger partial charge in [0, 0.05) is 4.90 Å². The van der Waals surface area contributed by atoms with Crippen LogP contribution < -0.4 is 15.2 Å². The number of nitrogens with two attached hydrogens (primary N) is 1. The molecule has 0 aromatic heterocycles. The maximum absolute atomic E-state index is 10.9. The highest BCUT2D eigenvalue weighted by atomic mass is 32.2. The molecule has 0 spiro atoms. The minimum absolute atomic E-state index is 0.248. The first-order valence-corrected chi connectivity index (χ1v) is 5.90. The fourth-order valence-corrected chi connectivity index (χ4v) is 2.21. The SMILES string of the molecule is C[C@@H](Sc1ccc2c(c1)OCCO2)C(N)=O. The molecule has 0 saturated carbocycles. The molecule has 0 saturated heterocycles. The standard InChI is InChI=1S/C11H13NO3S/c1-7(11(12)13)16-8-2-3-9-10(6-8)15-5-4-14-9/h2-3,6-7H,4-5H2,1H3,(H2,12,13)/t7-/m1/s1. The van der Waals surface area contributed by atoms with E-state index in [1.165, 1.54) is 11.8 Å². The lowest BCUT2D eigenvalue weighted by Gasteiger charge is -2.19. The van der Waals surface area contributed by atoms with Crippen LogP contribution in [-0.4, -0.2) is 24.4 Å². The Kier molecular flexibility index (Phi) is 3.24. The summed E-state index contributed by atoms with van der Waals surface area (Å²) < 4.78 is 10.9. The summed E-state index contributed by atoms with van der Waals surface area (Å²) in [5.41, 5.74) is 5.21. The first-order chi connectivity index (χ1) is 7.66. The van der Waals surface area contributed by atoms with Crippen LogP contribution in [-0.2, 0) is 4.79 Å². The molecular formula is C11H13NO3S. The molecule has 16 heavy (non-hydrogen) atoms. The smallest absolute Gasteiger partial charge is 0.230 e. The molecule has 1 heterocycles. The van der Waals surface area contributed by atoms with Gasteiger partial charge in [0.15, 0.2) is 11.5 Å². The third-order valence-electron chi connectivity index (χ3n) is 2.23. The summed E-state index contributed by atoms with van der Waals surface area (Å²) in [6.07, 6.45) is 0. The summed E-state index contributed by atoms with van der Waals surface area (Å²) >= 11 is 1.41. The second-order valence-corrected chi connectivity index (χ2v) is 4.88. The molecule has 1 aliphatic rings. The molecule has 1 aromatic carbocycles. The van der Waals surface area contributed by atoms with Crippen molar-refractivity contribution in [1.82, 2.24) is 0 Å². The summed E-state index contributed by atoms with van der Waals surface area (Å²) in [5.74, 6) is 1.16. The first-order valence-electron chi connectivity index (χ1n) is 5.02. The molecule has 0 aliphatic carbocycles. The lowest BCUT2D eigenvalue weighted by atomic mass is 10.3. The van der Waals surface area contributed by atoms with Crippen LogP contribution in [0.3, 0.4) is 0 Å². The van der Waals surface area contributed by atoms with Crippen molar-refractivity contribution in [2.75, 3.05) is 13.2 Å². The van der Waals surface area contributed by atoms with Crippen LogP contribution in [0.4, 0.5) is 0 Å². The minimum atomic E-state index is -0.320. The van der Waals surface area contributed by atoms with Crippen molar-refractivity contribution in [3.8, 4) is 11.5 Å². The molecule has 0 fully saturated rings. The highest BCUT2D eigenvalue weighted by Crippen LogP contribution is 2.35. The van der Waals surface area contributed by atoms with Crippen LogP contribution in [0, 0.1) is 0 Å². The molecule has 1 aliphatic heterocycles. The highest BCUT2D eigenvalue weighted by Gasteiger charge is 2.15. The lowest BCUT2D eigenvalue weighted by Crippen LogP contribution is -2.22. The van der Waals surface area contributed by atoms with Gasteiger partial charge in [-0.1, -0.05) is 0 Å². The molecule has 1 atom stereocenters. The van der Waals surface area contributed by atoms with Crippen molar-refractivity contribution in [2.24, 2.45) is 5.73 Å². The van der Waals surface area contributed by atoms with Crippen LogP contribution in [0.2, 0.25) is 0 Å². The number of primary amides is 1. The number of hydrogen-bond donors (Lipinski definition) is 1. The molecule has 1 amide bonds. The predicted octanol–water partition coefficient (Wildman–Crippen LogP) is 1.42. The van der Waals surface area contributed by atoms with Crippen molar-refractivity contribution in [3.05, 3.63) is 18.2 Å². The maximum atomic E-state index is 10.9. The quantitative estimate of drug-likeness (QED) is 0.810. The van der Waals surface area contributed by atoms with E-state index in [9.17, 15) is 4.79 Å². The van der Waals surface area contributed by atoms with Crippen LogP contribution in [0.15, 0.2) is 23.1 Å². The third-order valence-corrected chi connectivity index (χ3v) is 3.34. The van der Waals surface area contributed by atoms with Gasteiger partial charge in [-0.25, -0.2) is 0 Å². The van der Waals surface area contributed by atoms with E-state index in [0.717, 1.165) is 16.4 Å². The van der Waals surface area contributed by atoms with E-state index in [-0.39, 0.29) is 11.2 Å². The van der Waals surface area contributed by atoms with Gasteiger partial charge in [-0.05, 0) is 25.1 Å². The van der Waals surface area contributed by atoms with Crippen molar-refractivity contribution in [1.29, 1.82) is 0 Å². The summed E-state index contributed by atoms with van der Waals surface area (Å²) in [5, 5.41) is -0.248. The van der Waals surface area contributed by atoms with Gasteiger partial charge in [-0.2, -0.15) is 0 Å². The van der Waals surface area contributed by atoms with Gasteiger partial charge in [0.1, 0.15) is 13.2 Å². The van der Waals surface area contributed by atoms with Gasteiger partial charge < -0.3 is 15.2 Å². The summed E-state index contributed by atoms with van der Waals surface area (Å²) in [7, 11) is 0. The number of thioether (sulfide) groups is 1. The monoisotopic (exact) mass is 239 g/mol. The zero-order valence-electron chi connectivity index (χ0n) is 8.93. The molecule has 1 aromatic rings. The highest BCUT2D eigenvalue weighted by molar-refractivity contribution is 8.00. The molecule has 2 rings (SSSR count). The van der Waals surface area contributed by atoms with E-state index >= 15 is 0 Å². The molecule has 5 heteroatoms. The maximum Gasteiger partial charge on any atom is 0.230 e. The number of amides is 1. The second kappa shape index (κ2) is 4.65. The van der Waals surface area contributed by atoms with Crippen LogP contribution in [0.5, 0.6) is 11.5 Å². The van der Waals surface area contributed by atoms with Crippen LogP contribution >= 0.6 is 11.8 Å². The van der Waals surface area contributed by atoms with Crippen molar-refractivity contribution in [2.45, 2.75) is 17.1 Å². The summed E-state index contributed by atoms with van der Waals surface area (Å²) in [6.45, 7) is 2.92. The number of carbonyl (C=O) groups excluding carboxylic acids is 1. The Hall–Kier alpha value is -1.36. The zero-order valence-corrected chi connectivity index (χ0v) is 9.75. The second-order valence-electron chi connectivity index (χ2n) is 3.47. The van der Waals surface area contributed by atoms with E-state index in [2.05, 4.69) is 0 Å². The van der Waals surface area contributed by atoms with E-state index in [1.807, 2.05) is 18.2 Å². The first kappa shape index (κ1) is 11.1. The normalized spacial score (nSPS) is 15.6. The Bertz CT molecular complexity index is 408. The van der Waals surface area contributed by atoms with Gasteiger partial charge in [-0.3, -0.25) is 4.79 Å². The average Bonchev–Trinajstić information content (AvgIpc) is 2.28. The molecule has 0 unspecified atom stereocenters. The zero-order chi connectivity index (χ0) is 11.5. The fourth-order valence-electron chi connectivity index (χ4n) is 1.36. The molecule has 0 radical (unpaired) electrons. The van der Waals surface area contributed by atoms with E-state index < -0.39 is 0 Å². The van der Waals surface area contributed by atoms with Gasteiger partial charge in [0.25, 0.3) is 0 Å². The van der Waals surface area contributed by atoms with Gasteiger partial charge >= 0.3 is 0 Å². The number of benzene rings is 1. The minimum Gasteiger partial charge on any atom is -0.486 e. The van der Waals surface area contributed by atoms with Crippen molar-refractivity contribution < 1.29 is 14.3 Å². The van der Waals surface area contributed by atoms with Gasteiger partial charge in [0.05, 0.1) is 5.25 Å². The molecule has 4 nitrogen and oxygen atoms in total. The average molecular weight is 239 g/mol. The number of ether oxygens (including phenoxy) is 2. The Labute approximate surface area is 98.1 Å². The summed E-state index contributed by atoms with van der Waals surface area (Å²) in [4.78, 5) is 11.9. The largest absolute Gasteiger partial charge is 0.486 e. The van der Waals surface area contributed by atoms with E-state index in [0.29, 0.717) is 13.2 Å². The number of fused-ring (bicyclic) bond motifs is 1. The summed E-state index contributed by atoms with van der Waals surface area (Å²) in [6, 6.07) is 5.63. The van der Waals surface area contributed by atoms with Crippen LogP contribution in [0.25, 0.3) is 0 Å². The Balaban J connectivity index is 2.14. The Morgan fingerprint density at radius 1 is 1.38 bits per heavy atom. The van der Waals surface area contributed by atoms with Gasteiger partial charge in [0.2, 0.25) is 5.91 Å². The molecule has 86 valence electrons. The fraction of sp³-hybridized carbons (Fsp3) is 0.364. The number of carbonyl (C=O) groups is 1. The topological polar surface area (TPSA) is 61.6 Å². The van der Waals surface area contributed by atoms with E-state index in [1.54, 1.807) is 6.92 Å². The third kappa shape index (κ3) is 2.41. The van der Waals surface area contributed by atoms with Crippen LogP contribution in [0.1, 0.15) is 6.92 Å². The van der Waals surface area contributed by atoms with Crippen molar-refractivity contribution in [3.63, 3.8) is 0 Å². The molecule has 0 bridgehead atoms. The predicted molar refractivity (Wildman–Crippen MR) is 61.9 cm³/mol. The Morgan fingerprint density at radius 3 is 2.75 bits per heavy atom. The van der Waals surface area contributed by atoms with Crippen molar-refractivity contribution >= 4 is 17.7 Å². The molecule has 2 N–H and O–H groups in total. The lowest BCUT2D eigenvalue weighted by molar-refractivity contribution is -0.117. The van der Waals surface area contributed by atoms with E-state index in [4.69, 9.17) is 15.2 Å².